The lowest BCUT2D eigenvalue weighted by atomic mass is 9.82. The third kappa shape index (κ3) is 9.29. The molecule has 1 amide bonds. The van der Waals surface area contributed by atoms with Gasteiger partial charge in [-0.1, -0.05) is 49.7 Å². The van der Waals surface area contributed by atoms with E-state index in [0.717, 1.165) is 29.5 Å². The van der Waals surface area contributed by atoms with E-state index in [1.165, 1.54) is 0 Å². The van der Waals surface area contributed by atoms with Gasteiger partial charge in [-0.15, -0.1) is 0 Å². The molecular formula is C31H48N2O5. The van der Waals surface area contributed by atoms with Crippen LogP contribution < -0.4 is 20.5 Å². The van der Waals surface area contributed by atoms with Crippen LogP contribution in [0.4, 0.5) is 0 Å². The first kappa shape index (κ1) is 31.6. The van der Waals surface area contributed by atoms with Gasteiger partial charge in [0.15, 0.2) is 11.5 Å². The summed E-state index contributed by atoms with van der Waals surface area (Å²) in [4.78, 5) is 13.0. The predicted octanol–water partition coefficient (Wildman–Crippen LogP) is 4.41. The summed E-state index contributed by atoms with van der Waals surface area (Å²) in [5.74, 6) is 1.88. The molecule has 0 spiro atoms. The molecule has 2 rings (SSSR count). The van der Waals surface area contributed by atoms with Crippen LogP contribution in [-0.2, 0) is 21.4 Å². The van der Waals surface area contributed by atoms with Crippen molar-refractivity contribution in [2.24, 2.45) is 17.6 Å². The number of ether oxygens (including phenoxy) is 3. The molecule has 0 aliphatic heterocycles. The van der Waals surface area contributed by atoms with E-state index in [0.29, 0.717) is 37.1 Å². The van der Waals surface area contributed by atoms with Crippen LogP contribution in [0.3, 0.4) is 0 Å². The van der Waals surface area contributed by atoms with Crippen molar-refractivity contribution in [3.8, 4) is 11.5 Å². The Kier molecular flexibility index (Phi) is 12.6. The molecule has 0 saturated heterocycles. The fraction of sp³-hybridized carbons (Fsp3) is 0.581. The third-order valence-electron chi connectivity index (χ3n) is 7.30. The van der Waals surface area contributed by atoms with E-state index >= 15 is 0 Å². The molecular weight excluding hydrogens is 480 g/mol. The highest BCUT2D eigenvalue weighted by Gasteiger charge is 2.31. The van der Waals surface area contributed by atoms with E-state index in [9.17, 15) is 9.90 Å². The lowest BCUT2D eigenvalue weighted by Crippen LogP contribution is -2.48. The first-order chi connectivity index (χ1) is 18.0. The van der Waals surface area contributed by atoms with Crippen LogP contribution in [0.5, 0.6) is 11.5 Å². The summed E-state index contributed by atoms with van der Waals surface area (Å²) in [6.45, 7) is 11.4. The largest absolute Gasteiger partial charge is 0.493 e. The van der Waals surface area contributed by atoms with E-state index < -0.39 is 17.6 Å². The Morgan fingerprint density at radius 2 is 1.74 bits per heavy atom. The van der Waals surface area contributed by atoms with E-state index in [1.807, 2.05) is 63.2 Å². The second-order valence-electron chi connectivity index (χ2n) is 11.1. The van der Waals surface area contributed by atoms with Crippen molar-refractivity contribution in [1.29, 1.82) is 0 Å². The van der Waals surface area contributed by atoms with Gasteiger partial charge in [0.25, 0.3) is 0 Å². The van der Waals surface area contributed by atoms with Gasteiger partial charge < -0.3 is 30.4 Å². The number of nitrogens with one attached hydrogen (secondary N) is 1. The van der Waals surface area contributed by atoms with Gasteiger partial charge in [0.05, 0.1) is 25.2 Å². The number of carbonyl (C=O) groups is 1. The van der Waals surface area contributed by atoms with Crippen LogP contribution in [0.25, 0.3) is 0 Å². The van der Waals surface area contributed by atoms with Crippen LogP contribution in [0, 0.1) is 18.8 Å². The maximum Gasteiger partial charge on any atom is 0.230 e. The average Bonchev–Trinajstić information content (AvgIpc) is 2.89. The zero-order chi connectivity index (χ0) is 28.3. The molecule has 0 radical (unpaired) electrons. The van der Waals surface area contributed by atoms with Gasteiger partial charge in [-0.25, -0.2) is 0 Å². The second-order valence-corrected chi connectivity index (χ2v) is 11.1. The van der Waals surface area contributed by atoms with E-state index in [1.54, 1.807) is 14.2 Å². The molecule has 212 valence electrons. The molecule has 0 saturated carbocycles. The van der Waals surface area contributed by atoms with Crippen molar-refractivity contribution in [3.63, 3.8) is 0 Å². The van der Waals surface area contributed by atoms with E-state index in [4.69, 9.17) is 19.9 Å². The first-order valence-electron chi connectivity index (χ1n) is 13.6. The number of hydrogen-bond donors (Lipinski definition) is 3. The number of nitrogens with two attached hydrogens (primary N) is 1. The first-order valence-corrected chi connectivity index (χ1v) is 13.6. The number of rotatable bonds is 16. The van der Waals surface area contributed by atoms with Crippen molar-refractivity contribution in [2.45, 2.75) is 71.4 Å². The Hall–Kier alpha value is -2.61. The molecule has 0 aromatic heterocycles. The topological polar surface area (TPSA) is 103 Å². The van der Waals surface area contributed by atoms with Crippen LogP contribution >= 0.6 is 0 Å². The monoisotopic (exact) mass is 528 g/mol. The molecule has 38 heavy (non-hydrogen) atoms. The fourth-order valence-corrected chi connectivity index (χ4v) is 4.42. The number of amides is 1. The zero-order valence-electron chi connectivity index (χ0n) is 24.3. The SMILES string of the molecule is COCCCOc1cc(CC(CC(N)C(O)CNC(=O)C(C)(C)c2ccc(C)cc2)C(C)C)ccc1OC. The maximum atomic E-state index is 13.0. The molecule has 2 aromatic carbocycles. The Balaban J connectivity index is 1.98. The van der Waals surface area contributed by atoms with Gasteiger partial charge in [0.1, 0.15) is 0 Å². The van der Waals surface area contributed by atoms with Gasteiger partial charge in [-0.3, -0.25) is 4.79 Å². The molecule has 3 unspecified atom stereocenters. The Bertz CT molecular complexity index is 990. The van der Waals surface area contributed by atoms with Crippen molar-refractivity contribution < 1.29 is 24.1 Å². The Labute approximate surface area is 229 Å². The number of methoxy groups -OCH3 is 2. The number of aliphatic hydroxyl groups is 1. The number of aliphatic hydroxyl groups excluding tert-OH is 1. The lowest BCUT2D eigenvalue weighted by molar-refractivity contribution is -0.126. The molecule has 0 aliphatic rings. The molecule has 0 bridgehead atoms. The van der Waals surface area contributed by atoms with Gasteiger partial charge in [0, 0.05) is 32.7 Å². The number of aryl methyl sites for hydroxylation is 1. The summed E-state index contributed by atoms with van der Waals surface area (Å²) in [5.41, 5.74) is 8.93. The smallest absolute Gasteiger partial charge is 0.230 e. The van der Waals surface area contributed by atoms with E-state index in [2.05, 4.69) is 19.2 Å². The summed E-state index contributed by atoms with van der Waals surface area (Å²) in [5, 5.41) is 13.7. The van der Waals surface area contributed by atoms with Crippen molar-refractivity contribution in [3.05, 3.63) is 59.2 Å². The Morgan fingerprint density at radius 1 is 1.05 bits per heavy atom. The molecule has 0 fully saturated rings. The minimum absolute atomic E-state index is 0.113. The Morgan fingerprint density at radius 3 is 2.34 bits per heavy atom. The van der Waals surface area contributed by atoms with Crippen molar-refractivity contribution in [1.82, 2.24) is 5.32 Å². The van der Waals surface area contributed by atoms with E-state index in [-0.39, 0.29) is 18.4 Å². The molecule has 7 nitrogen and oxygen atoms in total. The van der Waals surface area contributed by atoms with Crippen molar-refractivity contribution >= 4 is 5.91 Å². The van der Waals surface area contributed by atoms with Gasteiger partial charge >= 0.3 is 0 Å². The second kappa shape index (κ2) is 15.1. The molecule has 4 N–H and O–H groups in total. The quantitative estimate of drug-likeness (QED) is 0.279. The van der Waals surface area contributed by atoms with Crippen LogP contribution in [0.2, 0.25) is 0 Å². The highest BCUT2D eigenvalue weighted by atomic mass is 16.5. The number of carbonyl (C=O) groups excluding carboxylic acids is 1. The summed E-state index contributed by atoms with van der Waals surface area (Å²) in [7, 11) is 3.31. The van der Waals surface area contributed by atoms with Crippen molar-refractivity contribution in [2.75, 3.05) is 34.0 Å². The standard InChI is InChI=1S/C31H48N2O5/c1-21(2)24(17-23-11-14-28(37-7)29(18-23)38-16-8-15-36-6)19-26(32)27(34)20-33-30(35)31(4,5)25-12-9-22(3)10-13-25/h9-14,18,21,24,26-27,34H,8,15-17,19-20,32H2,1-7H3,(H,33,35). The van der Waals surface area contributed by atoms with Crippen LogP contribution in [-0.4, -0.2) is 57.1 Å². The molecule has 0 heterocycles. The molecule has 2 aromatic rings. The minimum Gasteiger partial charge on any atom is -0.493 e. The fourth-order valence-electron chi connectivity index (χ4n) is 4.42. The molecule has 7 heteroatoms. The van der Waals surface area contributed by atoms with Crippen LogP contribution in [0.1, 0.15) is 57.2 Å². The third-order valence-corrected chi connectivity index (χ3v) is 7.30. The number of hydrogen-bond acceptors (Lipinski definition) is 6. The number of benzene rings is 2. The average molecular weight is 529 g/mol. The van der Waals surface area contributed by atoms with Gasteiger partial charge in [-0.2, -0.15) is 0 Å². The summed E-state index contributed by atoms with van der Waals surface area (Å²) in [6.07, 6.45) is 1.38. The van der Waals surface area contributed by atoms with Crippen LogP contribution in [0.15, 0.2) is 42.5 Å². The lowest BCUT2D eigenvalue weighted by Gasteiger charge is -2.29. The highest BCUT2D eigenvalue weighted by Crippen LogP contribution is 2.31. The summed E-state index contributed by atoms with van der Waals surface area (Å²) in [6, 6.07) is 13.5. The zero-order valence-corrected chi connectivity index (χ0v) is 24.3. The van der Waals surface area contributed by atoms with Gasteiger partial charge in [-0.05, 0) is 68.7 Å². The summed E-state index contributed by atoms with van der Waals surface area (Å²) >= 11 is 0. The highest BCUT2D eigenvalue weighted by molar-refractivity contribution is 5.87. The van der Waals surface area contributed by atoms with Gasteiger partial charge in [0.2, 0.25) is 5.91 Å². The molecule has 3 atom stereocenters. The summed E-state index contributed by atoms with van der Waals surface area (Å²) < 4.78 is 16.5. The maximum absolute atomic E-state index is 13.0. The molecule has 0 aliphatic carbocycles. The normalized spacial score (nSPS) is 14.2. The predicted molar refractivity (Wildman–Crippen MR) is 153 cm³/mol. The minimum atomic E-state index is -0.843.